The van der Waals surface area contributed by atoms with Gasteiger partial charge in [-0.2, -0.15) is 5.26 Å². The van der Waals surface area contributed by atoms with Crippen LogP contribution >= 0.6 is 15.9 Å². The van der Waals surface area contributed by atoms with Crippen LogP contribution in [0.5, 0.6) is 0 Å². The average molecular weight is 400 g/mol. The van der Waals surface area contributed by atoms with Crippen molar-refractivity contribution in [1.29, 1.82) is 5.26 Å². The van der Waals surface area contributed by atoms with Crippen LogP contribution in [0.25, 0.3) is 0 Å². The first-order valence-corrected chi connectivity index (χ1v) is 7.95. The van der Waals surface area contributed by atoms with Gasteiger partial charge in [0.1, 0.15) is 11.6 Å². The minimum absolute atomic E-state index is 0.136. The molecule has 7 heteroatoms. The van der Waals surface area contributed by atoms with E-state index in [1.54, 1.807) is 48.5 Å². The van der Waals surface area contributed by atoms with Gasteiger partial charge in [0.05, 0.1) is 18.4 Å². The Balaban J connectivity index is 2.15. The van der Waals surface area contributed by atoms with Gasteiger partial charge in [0.15, 0.2) is 0 Å². The van der Waals surface area contributed by atoms with Crippen molar-refractivity contribution in [1.82, 2.24) is 0 Å². The molecule has 0 aliphatic heterocycles. The summed E-state index contributed by atoms with van der Waals surface area (Å²) >= 11 is 3.31. The number of carbonyl (C=O) groups is 2. The van der Waals surface area contributed by atoms with Crippen molar-refractivity contribution < 1.29 is 14.3 Å². The molecule has 0 radical (unpaired) electrons. The van der Waals surface area contributed by atoms with E-state index < -0.39 is 11.9 Å². The van der Waals surface area contributed by atoms with E-state index in [1.807, 2.05) is 6.07 Å². The molecular weight excluding hydrogens is 386 g/mol. The Morgan fingerprint density at radius 3 is 2.48 bits per heavy atom. The van der Waals surface area contributed by atoms with Crippen LogP contribution in [0.3, 0.4) is 0 Å². The highest BCUT2D eigenvalue weighted by atomic mass is 79.9. The molecule has 2 rings (SSSR count). The molecule has 0 bridgehead atoms. The average Bonchev–Trinajstić information content (AvgIpc) is 2.64. The Morgan fingerprint density at radius 2 is 1.84 bits per heavy atom. The maximum atomic E-state index is 12.2. The molecule has 2 aromatic carbocycles. The zero-order valence-corrected chi connectivity index (χ0v) is 14.8. The Kier molecular flexibility index (Phi) is 6.32. The van der Waals surface area contributed by atoms with Crippen LogP contribution in [0.1, 0.15) is 10.4 Å². The van der Waals surface area contributed by atoms with Gasteiger partial charge in [0.25, 0.3) is 5.91 Å². The Hall–Kier alpha value is -3.11. The van der Waals surface area contributed by atoms with Crippen molar-refractivity contribution in [3.05, 3.63) is 70.3 Å². The summed E-state index contributed by atoms with van der Waals surface area (Å²) in [6, 6.07) is 15.4. The second-order valence-corrected chi connectivity index (χ2v) is 5.73. The Morgan fingerprint density at radius 1 is 1.16 bits per heavy atom. The SMILES string of the molecule is COC(=O)c1ccccc1N/C=C(/C#N)C(=O)Nc1ccc(Br)cc1. The number of methoxy groups -OCH3 is 1. The lowest BCUT2D eigenvalue weighted by atomic mass is 10.2. The van der Waals surface area contributed by atoms with E-state index in [2.05, 4.69) is 26.6 Å². The van der Waals surface area contributed by atoms with Crippen LogP contribution in [0.4, 0.5) is 11.4 Å². The van der Waals surface area contributed by atoms with Crippen LogP contribution in [0.15, 0.2) is 64.8 Å². The lowest BCUT2D eigenvalue weighted by Crippen LogP contribution is -2.15. The summed E-state index contributed by atoms with van der Waals surface area (Å²) in [4.78, 5) is 23.9. The molecule has 2 N–H and O–H groups in total. The maximum Gasteiger partial charge on any atom is 0.339 e. The molecule has 0 aromatic heterocycles. The van der Waals surface area contributed by atoms with Crippen molar-refractivity contribution >= 4 is 39.2 Å². The van der Waals surface area contributed by atoms with Crippen LogP contribution < -0.4 is 10.6 Å². The number of ether oxygens (including phenoxy) is 1. The molecule has 6 nitrogen and oxygen atoms in total. The molecule has 0 spiro atoms. The van der Waals surface area contributed by atoms with Crippen LogP contribution in [0, 0.1) is 11.3 Å². The summed E-state index contributed by atoms with van der Waals surface area (Å²) in [7, 11) is 1.28. The topological polar surface area (TPSA) is 91.2 Å². The minimum Gasteiger partial charge on any atom is -0.465 e. The summed E-state index contributed by atoms with van der Waals surface area (Å²) < 4.78 is 5.58. The molecule has 0 saturated carbocycles. The molecule has 0 heterocycles. The fraction of sp³-hybridized carbons (Fsp3) is 0.0556. The lowest BCUT2D eigenvalue weighted by Gasteiger charge is -2.08. The molecule has 0 aliphatic carbocycles. The van der Waals surface area contributed by atoms with Gasteiger partial charge in [-0.05, 0) is 36.4 Å². The van der Waals surface area contributed by atoms with Gasteiger partial charge in [0.2, 0.25) is 0 Å². The summed E-state index contributed by atoms with van der Waals surface area (Å²) in [5.74, 6) is -1.08. The number of hydrogen-bond acceptors (Lipinski definition) is 5. The minimum atomic E-state index is -0.562. The van der Waals surface area contributed by atoms with Crippen molar-refractivity contribution in [2.24, 2.45) is 0 Å². The molecule has 1 amide bonds. The number of halogens is 1. The molecule has 0 atom stereocenters. The van der Waals surface area contributed by atoms with Gasteiger partial charge in [-0.3, -0.25) is 4.79 Å². The number of nitrogens with one attached hydrogen (secondary N) is 2. The van der Waals surface area contributed by atoms with Crippen LogP contribution in [-0.4, -0.2) is 19.0 Å². The second-order valence-electron chi connectivity index (χ2n) is 4.81. The zero-order valence-electron chi connectivity index (χ0n) is 13.2. The quantitative estimate of drug-likeness (QED) is 0.454. The van der Waals surface area contributed by atoms with Gasteiger partial charge in [-0.25, -0.2) is 4.79 Å². The van der Waals surface area contributed by atoms with E-state index in [0.717, 1.165) is 4.47 Å². The van der Waals surface area contributed by atoms with Gasteiger partial charge < -0.3 is 15.4 Å². The predicted octanol–water partition coefficient (Wildman–Crippen LogP) is 3.69. The number of para-hydroxylation sites is 1. The third-order valence-corrected chi connectivity index (χ3v) is 3.70. The Labute approximate surface area is 153 Å². The maximum absolute atomic E-state index is 12.2. The number of anilines is 2. The van der Waals surface area contributed by atoms with E-state index in [0.29, 0.717) is 16.9 Å². The van der Waals surface area contributed by atoms with Gasteiger partial charge in [0, 0.05) is 16.4 Å². The van der Waals surface area contributed by atoms with Gasteiger partial charge >= 0.3 is 5.97 Å². The summed E-state index contributed by atoms with van der Waals surface area (Å²) in [5, 5.41) is 14.6. The number of hydrogen-bond donors (Lipinski definition) is 2. The van der Waals surface area contributed by atoms with Crippen LogP contribution in [0.2, 0.25) is 0 Å². The fourth-order valence-electron chi connectivity index (χ4n) is 1.93. The monoisotopic (exact) mass is 399 g/mol. The van der Waals surface area contributed by atoms with E-state index >= 15 is 0 Å². The number of carbonyl (C=O) groups excluding carboxylic acids is 2. The summed E-state index contributed by atoms with van der Waals surface area (Å²) in [6.07, 6.45) is 1.25. The normalized spacial score (nSPS) is 10.5. The smallest absolute Gasteiger partial charge is 0.339 e. The first-order chi connectivity index (χ1) is 12.0. The standard InChI is InChI=1S/C18H14BrN3O3/c1-25-18(24)15-4-2-3-5-16(15)21-11-12(10-20)17(23)22-14-8-6-13(19)7-9-14/h2-9,11,21H,1H3,(H,22,23)/b12-11-. The van der Waals surface area contributed by atoms with E-state index in [4.69, 9.17) is 4.74 Å². The molecule has 0 fully saturated rings. The number of amides is 1. The first kappa shape index (κ1) is 18.2. The van der Waals surface area contributed by atoms with Gasteiger partial charge in [-0.1, -0.05) is 28.1 Å². The number of benzene rings is 2. The van der Waals surface area contributed by atoms with E-state index in [1.165, 1.54) is 13.3 Å². The van der Waals surface area contributed by atoms with Crippen molar-refractivity contribution in [3.8, 4) is 6.07 Å². The van der Waals surface area contributed by atoms with Crippen molar-refractivity contribution in [2.45, 2.75) is 0 Å². The largest absolute Gasteiger partial charge is 0.465 e. The molecule has 25 heavy (non-hydrogen) atoms. The fourth-order valence-corrected chi connectivity index (χ4v) is 2.19. The molecule has 0 unspecified atom stereocenters. The second kappa shape index (κ2) is 8.66. The number of rotatable bonds is 5. The molecular formula is C18H14BrN3O3. The molecule has 0 saturated heterocycles. The third-order valence-electron chi connectivity index (χ3n) is 3.17. The summed E-state index contributed by atoms with van der Waals surface area (Å²) in [5.41, 5.74) is 1.15. The highest BCUT2D eigenvalue weighted by molar-refractivity contribution is 9.10. The number of nitrogens with zero attached hydrogens (tertiary/aromatic N) is 1. The Bertz CT molecular complexity index is 855. The zero-order chi connectivity index (χ0) is 18.2. The van der Waals surface area contributed by atoms with E-state index in [-0.39, 0.29) is 5.57 Å². The molecule has 2 aromatic rings. The highest BCUT2D eigenvalue weighted by Gasteiger charge is 2.12. The number of esters is 1. The van der Waals surface area contributed by atoms with Crippen LogP contribution in [-0.2, 0) is 9.53 Å². The highest BCUT2D eigenvalue weighted by Crippen LogP contribution is 2.17. The predicted molar refractivity (Wildman–Crippen MR) is 97.9 cm³/mol. The number of nitriles is 1. The van der Waals surface area contributed by atoms with Gasteiger partial charge in [-0.15, -0.1) is 0 Å². The van der Waals surface area contributed by atoms with E-state index in [9.17, 15) is 14.9 Å². The molecule has 126 valence electrons. The first-order valence-electron chi connectivity index (χ1n) is 7.16. The van der Waals surface area contributed by atoms with Crippen molar-refractivity contribution in [2.75, 3.05) is 17.7 Å². The lowest BCUT2D eigenvalue weighted by molar-refractivity contribution is -0.112. The van der Waals surface area contributed by atoms with Crippen molar-refractivity contribution in [3.63, 3.8) is 0 Å². The summed E-state index contributed by atoms with van der Waals surface area (Å²) in [6.45, 7) is 0. The third kappa shape index (κ3) is 4.93. The molecule has 0 aliphatic rings.